The van der Waals surface area contributed by atoms with E-state index < -0.39 is 12.2 Å². The van der Waals surface area contributed by atoms with E-state index in [9.17, 15) is 4.79 Å². The number of rotatable bonds is 4. The number of aromatic nitrogens is 1. The number of carbonyl (C=O) groups excluding carboxylic acids is 1. The van der Waals surface area contributed by atoms with Crippen molar-refractivity contribution in [3.8, 4) is 17.0 Å². The topological polar surface area (TPSA) is 60.5 Å². The van der Waals surface area contributed by atoms with Gasteiger partial charge in [-0.25, -0.2) is 9.78 Å². The third kappa shape index (κ3) is 2.55. The number of nitrogens with one attached hydrogen (secondary N) is 1. The third-order valence-corrected chi connectivity index (χ3v) is 4.44. The van der Waals surface area contributed by atoms with E-state index in [-0.39, 0.29) is 0 Å². The van der Waals surface area contributed by atoms with Gasteiger partial charge >= 0.3 is 5.97 Å². The number of cyclic esters (lactones) is 1. The molecule has 0 spiro atoms. The summed E-state index contributed by atoms with van der Waals surface area (Å²) in [4.78, 5) is 16.4. The number of benzene rings is 1. The molecule has 0 aliphatic carbocycles. The van der Waals surface area contributed by atoms with Gasteiger partial charge in [0.05, 0.1) is 12.8 Å². The van der Waals surface area contributed by atoms with E-state index in [1.54, 1.807) is 19.2 Å². The molecule has 0 saturated carbocycles. The van der Waals surface area contributed by atoms with E-state index in [4.69, 9.17) is 9.47 Å². The minimum absolute atomic E-state index is 0.399. The molecule has 1 aliphatic rings. The maximum absolute atomic E-state index is 11.8. The van der Waals surface area contributed by atoms with Crippen molar-refractivity contribution in [2.24, 2.45) is 0 Å². The monoisotopic (exact) mass is 336 g/mol. The normalized spacial score (nSPS) is 15.4. The summed E-state index contributed by atoms with van der Waals surface area (Å²) in [5.41, 5.74) is 2.96. The highest BCUT2D eigenvalue weighted by Gasteiger charge is 2.31. The molecule has 1 aromatic heterocycles. The van der Waals surface area contributed by atoms with Crippen LogP contribution in [0.25, 0.3) is 11.3 Å². The molecule has 0 saturated heterocycles. The van der Waals surface area contributed by atoms with Gasteiger partial charge in [-0.1, -0.05) is 24.3 Å². The van der Waals surface area contributed by atoms with Crippen LogP contribution in [-0.2, 0) is 4.74 Å². The van der Waals surface area contributed by atoms with Crippen LogP contribution in [0.4, 0.5) is 5.13 Å². The number of ether oxygens (including phenoxy) is 2. The first-order valence-corrected chi connectivity index (χ1v) is 8.12. The van der Waals surface area contributed by atoms with Gasteiger partial charge in [0.25, 0.3) is 0 Å². The number of methoxy groups -OCH3 is 1. The minimum atomic E-state index is -0.553. The zero-order chi connectivity index (χ0) is 16.5. The fourth-order valence-corrected chi connectivity index (χ4v) is 3.23. The van der Waals surface area contributed by atoms with Crippen molar-refractivity contribution in [1.29, 1.82) is 0 Å². The van der Waals surface area contributed by atoms with E-state index in [1.165, 1.54) is 11.3 Å². The quantitative estimate of drug-likeness (QED) is 0.736. The summed E-state index contributed by atoms with van der Waals surface area (Å²) in [5.74, 6) is 0.379. The van der Waals surface area contributed by atoms with Crippen LogP contribution in [0.15, 0.2) is 41.8 Å². The summed E-state index contributed by atoms with van der Waals surface area (Å²) in [6, 6.07) is 16.8. The zero-order valence-corrected chi connectivity index (χ0v) is 13.5. The lowest BCUT2D eigenvalue weighted by Crippen LogP contribution is -2.09. The summed E-state index contributed by atoms with van der Waals surface area (Å²) < 4.78 is 10.6. The van der Waals surface area contributed by atoms with Gasteiger partial charge in [0, 0.05) is 16.5 Å². The van der Waals surface area contributed by atoms with Gasteiger partial charge in [-0.15, -0.1) is 11.3 Å². The van der Waals surface area contributed by atoms with Gasteiger partial charge in [-0.3, -0.25) is 0 Å². The Bertz CT molecular complexity index is 907. The molecular formula is C18H12N2O3S. The second-order valence-corrected chi connectivity index (χ2v) is 5.99. The molecule has 4 rings (SSSR count). The Balaban J connectivity index is 1.57. The van der Waals surface area contributed by atoms with E-state index in [2.05, 4.69) is 22.4 Å². The van der Waals surface area contributed by atoms with Crippen LogP contribution in [0.1, 0.15) is 22.1 Å². The average molecular weight is 336 g/mol. The fraction of sp³-hybridized carbons (Fsp3) is 0.111. The van der Waals surface area contributed by atoms with Crippen molar-refractivity contribution >= 4 is 22.4 Å². The predicted octanol–water partition coefficient (Wildman–Crippen LogP) is 3.70. The molecule has 5 nitrogen and oxygen atoms in total. The van der Waals surface area contributed by atoms with Gasteiger partial charge in [0.1, 0.15) is 11.3 Å². The Morgan fingerprint density at radius 2 is 2.29 bits per heavy atom. The van der Waals surface area contributed by atoms with Crippen molar-refractivity contribution < 1.29 is 14.3 Å². The molecule has 1 atom stereocenters. The smallest absolute Gasteiger partial charge is 0.349 e. The summed E-state index contributed by atoms with van der Waals surface area (Å²) >= 11 is 1.45. The minimum Gasteiger partial charge on any atom is -0.497 e. The molecule has 6 heteroatoms. The van der Waals surface area contributed by atoms with Crippen LogP contribution in [0.5, 0.6) is 5.75 Å². The molecule has 0 radical (unpaired) electrons. The van der Waals surface area contributed by atoms with Gasteiger partial charge in [0.2, 0.25) is 6.23 Å². The van der Waals surface area contributed by atoms with Crippen molar-refractivity contribution in [2.45, 2.75) is 6.23 Å². The SMILES string of the molecule is COc1cccc(-c2csc(NC3OC(=O)c4c#cccc43)n2)c1. The molecule has 2 aromatic carbocycles. The Labute approximate surface area is 142 Å². The molecule has 2 heterocycles. The number of thiazole rings is 1. The summed E-state index contributed by atoms with van der Waals surface area (Å²) in [7, 11) is 1.63. The van der Waals surface area contributed by atoms with Crippen LogP contribution < -0.4 is 10.1 Å². The maximum atomic E-state index is 11.8. The Kier molecular flexibility index (Phi) is 3.56. The number of hydrogen-bond donors (Lipinski definition) is 1. The average Bonchev–Trinajstić information content (AvgIpc) is 3.21. The molecule has 3 aromatic rings. The lowest BCUT2D eigenvalue weighted by atomic mass is 10.1. The second kappa shape index (κ2) is 5.87. The van der Waals surface area contributed by atoms with E-state index in [1.807, 2.05) is 29.6 Å². The van der Waals surface area contributed by atoms with Crippen LogP contribution >= 0.6 is 11.3 Å². The van der Waals surface area contributed by atoms with Crippen LogP contribution in [0, 0.1) is 12.1 Å². The predicted molar refractivity (Wildman–Crippen MR) is 90.0 cm³/mol. The van der Waals surface area contributed by atoms with E-state index in [0.29, 0.717) is 10.7 Å². The standard InChI is InChI=1S/C18H12N2O3S/c1-22-12-6-4-5-11(9-12)15-10-24-18(19-15)20-16-13-7-2-3-8-14(13)17(21)23-16/h2,4-7,9-10,16H,1H3,(H,19,20). The first-order valence-electron chi connectivity index (χ1n) is 7.24. The Morgan fingerprint density at radius 1 is 1.38 bits per heavy atom. The van der Waals surface area contributed by atoms with Gasteiger partial charge in [-0.05, 0) is 24.3 Å². The Hall–Kier alpha value is -3.04. The first kappa shape index (κ1) is 14.5. The molecule has 24 heavy (non-hydrogen) atoms. The third-order valence-electron chi connectivity index (χ3n) is 3.67. The van der Waals surface area contributed by atoms with Crippen LogP contribution in [-0.4, -0.2) is 18.1 Å². The van der Waals surface area contributed by atoms with Crippen molar-refractivity contribution in [1.82, 2.24) is 4.98 Å². The molecule has 1 aliphatic heterocycles. The van der Waals surface area contributed by atoms with Gasteiger partial charge in [-0.2, -0.15) is 0 Å². The number of anilines is 1. The lowest BCUT2D eigenvalue weighted by molar-refractivity contribution is 0.0437. The highest BCUT2D eigenvalue weighted by molar-refractivity contribution is 7.14. The van der Waals surface area contributed by atoms with Crippen LogP contribution in [0.3, 0.4) is 0 Å². The van der Waals surface area contributed by atoms with E-state index >= 15 is 0 Å². The first-order chi connectivity index (χ1) is 11.7. The number of hydrogen-bond acceptors (Lipinski definition) is 6. The molecule has 0 amide bonds. The molecule has 1 N–H and O–H groups in total. The van der Waals surface area contributed by atoms with Crippen molar-refractivity contribution in [3.63, 3.8) is 0 Å². The lowest BCUT2D eigenvalue weighted by Gasteiger charge is -2.11. The largest absolute Gasteiger partial charge is 0.497 e. The summed E-state index contributed by atoms with van der Waals surface area (Å²) in [5, 5.41) is 5.76. The molecule has 118 valence electrons. The van der Waals surface area contributed by atoms with Gasteiger partial charge in [0.15, 0.2) is 5.13 Å². The number of fused-ring (bicyclic) bond motifs is 1. The number of carbonyl (C=O) groups is 1. The zero-order valence-electron chi connectivity index (χ0n) is 12.7. The summed E-state index contributed by atoms with van der Waals surface area (Å²) in [6.45, 7) is 0. The highest BCUT2D eigenvalue weighted by atomic mass is 32.1. The number of nitrogens with zero attached hydrogens (tertiary/aromatic N) is 1. The fourth-order valence-electron chi connectivity index (χ4n) is 2.49. The second-order valence-electron chi connectivity index (χ2n) is 5.13. The van der Waals surface area contributed by atoms with Crippen molar-refractivity contribution in [3.05, 3.63) is 65.0 Å². The molecule has 1 unspecified atom stereocenters. The Morgan fingerprint density at radius 3 is 3.17 bits per heavy atom. The van der Waals surface area contributed by atoms with E-state index in [0.717, 1.165) is 22.6 Å². The van der Waals surface area contributed by atoms with Gasteiger partial charge < -0.3 is 14.8 Å². The highest BCUT2D eigenvalue weighted by Crippen LogP contribution is 2.33. The maximum Gasteiger partial charge on any atom is 0.349 e. The molecular weight excluding hydrogens is 324 g/mol. The van der Waals surface area contributed by atoms with Crippen LogP contribution in [0.2, 0.25) is 0 Å². The molecule has 0 bridgehead atoms. The number of esters is 1. The molecule has 0 fully saturated rings. The van der Waals surface area contributed by atoms with Crippen molar-refractivity contribution in [2.75, 3.05) is 12.4 Å². The summed E-state index contributed by atoms with van der Waals surface area (Å²) in [6.07, 6.45) is -0.553.